The van der Waals surface area contributed by atoms with Crippen LogP contribution < -0.4 is 14.4 Å². The topological polar surface area (TPSA) is 81.9 Å². The number of ether oxygens (including phenoxy) is 2. The van der Waals surface area contributed by atoms with Gasteiger partial charge in [-0.1, -0.05) is 12.1 Å². The summed E-state index contributed by atoms with van der Waals surface area (Å²) in [7, 11) is 3.05. The van der Waals surface area contributed by atoms with Gasteiger partial charge in [-0.25, -0.2) is 0 Å². The number of nitrogens with zero attached hydrogens (tertiary/aromatic N) is 2. The first-order valence-corrected chi connectivity index (χ1v) is 8.50. The molecular formula is C17H16N2O5S. The number of anilines is 1. The first-order valence-electron chi connectivity index (χ1n) is 7.46. The highest BCUT2D eigenvalue weighted by molar-refractivity contribution is 8.00. The van der Waals surface area contributed by atoms with E-state index in [2.05, 4.69) is 0 Å². The van der Waals surface area contributed by atoms with Gasteiger partial charge in [-0.05, 0) is 18.2 Å². The number of rotatable bonds is 5. The highest BCUT2D eigenvalue weighted by Crippen LogP contribution is 2.47. The van der Waals surface area contributed by atoms with Gasteiger partial charge in [0, 0.05) is 12.1 Å². The molecule has 0 saturated carbocycles. The average molecular weight is 360 g/mol. The van der Waals surface area contributed by atoms with Crippen molar-refractivity contribution in [2.45, 2.75) is 5.37 Å². The Labute approximate surface area is 148 Å². The Kier molecular flexibility index (Phi) is 4.80. The molecule has 0 spiro atoms. The van der Waals surface area contributed by atoms with Crippen molar-refractivity contribution in [3.05, 3.63) is 58.1 Å². The standard InChI is InChI=1S/C17H16N2O5S/c1-23-11-7-8-14(15(9-11)24-2)18-16(20)10-25-17(18)12-5-3-4-6-13(12)19(21)22/h3-9,17H,10H2,1-2H3/t17-/m0/s1. The molecule has 1 atom stereocenters. The molecule has 0 N–H and O–H groups in total. The molecule has 0 aliphatic carbocycles. The molecule has 1 fully saturated rings. The van der Waals surface area contributed by atoms with Gasteiger partial charge in [0.05, 0.1) is 36.1 Å². The van der Waals surface area contributed by atoms with E-state index < -0.39 is 10.3 Å². The van der Waals surface area contributed by atoms with Crippen molar-refractivity contribution in [3.8, 4) is 11.5 Å². The molecule has 2 aromatic rings. The first kappa shape index (κ1) is 17.1. The molecular weight excluding hydrogens is 344 g/mol. The van der Waals surface area contributed by atoms with E-state index in [4.69, 9.17) is 9.47 Å². The predicted octanol–water partition coefficient (Wildman–Crippen LogP) is 3.39. The van der Waals surface area contributed by atoms with E-state index in [1.54, 1.807) is 48.4 Å². The molecule has 0 radical (unpaired) electrons. The van der Waals surface area contributed by atoms with Gasteiger partial charge in [-0.2, -0.15) is 0 Å². The molecule has 3 rings (SSSR count). The molecule has 25 heavy (non-hydrogen) atoms. The van der Waals surface area contributed by atoms with Crippen LogP contribution in [0.3, 0.4) is 0 Å². The number of nitro groups is 1. The normalized spacial score (nSPS) is 16.8. The van der Waals surface area contributed by atoms with Gasteiger partial charge in [-0.3, -0.25) is 19.8 Å². The van der Waals surface area contributed by atoms with E-state index in [9.17, 15) is 14.9 Å². The van der Waals surface area contributed by atoms with Crippen LogP contribution in [0.15, 0.2) is 42.5 Å². The van der Waals surface area contributed by atoms with Crippen LogP contribution in [0.25, 0.3) is 0 Å². The number of benzene rings is 2. The van der Waals surface area contributed by atoms with E-state index in [0.29, 0.717) is 22.7 Å². The second-order valence-electron chi connectivity index (χ2n) is 5.28. The van der Waals surface area contributed by atoms with Crippen molar-refractivity contribution >= 4 is 29.0 Å². The second kappa shape index (κ2) is 7.02. The number of amides is 1. The van der Waals surface area contributed by atoms with E-state index in [1.807, 2.05) is 0 Å². The van der Waals surface area contributed by atoms with Gasteiger partial charge in [0.1, 0.15) is 16.9 Å². The minimum Gasteiger partial charge on any atom is -0.497 e. The smallest absolute Gasteiger partial charge is 0.275 e. The lowest BCUT2D eigenvalue weighted by Gasteiger charge is -2.26. The predicted molar refractivity (Wildman–Crippen MR) is 95.3 cm³/mol. The summed E-state index contributed by atoms with van der Waals surface area (Å²) in [6.45, 7) is 0. The SMILES string of the molecule is COc1ccc(N2C(=O)CS[C@H]2c2ccccc2[N+](=O)[O-])c(OC)c1. The Hall–Kier alpha value is -2.74. The van der Waals surface area contributed by atoms with Crippen molar-refractivity contribution in [1.29, 1.82) is 0 Å². The number of hydrogen-bond acceptors (Lipinski definition) is 6. The largest absolute Gasteiger partial charge is 0.497 e. The third-order valence-electron chi connectivity index (χ3n) is 3.91. The lowest BCUT2D eigenvalue weighted by molar-refractivity contribution is -0.385. The van der Waals surface area contributed by atoms with Crippen molar-refractivity contribution < 1.29 is 19.2 Å². The summed E-state index contributed by atoms with van der Waals surface area (Å²) in [5.74, 6) is 1.18. The van der Waals surface area contributed by atoms with Gasteiger partial charge < -0.3 is 9.47 Å². The molecule has 0 bridgehead atoms. The zero-order valence-electron chi connectivity index (χ0n) is 13.7. The first-order chi connectivity index (χ1) is 12.1. The van der Waals surface area contributed by atoms with E-state index in [-0.39, 0.29) is 17.3 Å². The molecule has 2 aromatic carbocycles. The summed E-state index contributed by atoms with van der Waals surface area (Å²) in [5, 5.41) is 10.9. The Bertz CT molecular complexity index is 826. The quantitative estimate of drug-likeness (QED) is 0.600. The molecule has 130 valence electrons. The fourth-order valence-electron chi connectivity index (χ4n) is 2.76. The molecule has 1 aliphatic heterocycles. The molecule has 1 saturated heterocycles. The minimum absolute atomic E-state index is 0.00724. The van der Waals surface area contributed by atoms with Gasteiger partial charge in [-0.15, -0.1) is 11.8 Å². The van der Waals surface area contributed by atoms with Crippen molar-refractivity contribution in [1.82, 2.24) is 0 Å². The molecule has 1 aliphatic rings. The van der Waals surface area contributed by atoms with Crippen LogP contribution in [-0.4, -0.2) is 30.8 Å². The van der Waals surface area contributed by atoms with Crippen LogP contribution in [0.5, 0.6) is 11.5 Å². The summed E-state index contributed by atoms with van der Waals surface area (Å²) in [6.07, 6.45) is 0. The summed E-state index contributed by atoms with van der Waals surface area (Å²) in [5.41, 5.74) is 1.04. The van der Waals surface area contributed by atoms with E-state index in [0.717, 1.165) is 0 Å². The van der Waals surface area contributed by atoms with Crippen LogP contribution in [0.1, 0.15) is 10.9 Å². The van der Waals surface area contributed by atoms with Crippen molar-refractivity contribution in [3.63, 3.8) is 0 Å². The Morgan fingerprint density at radius 2 is 1.96 bits per heavy atom. The van der Waals surface area contributed by atoms with Gasteiger partial charge in [0.25, 0.3) is 5.69 Å². The number of carbonyl (C=O) groups is 1. The van der Waals surface area contributed by atoms with Crippen LogP contribution in [0, 0.1) is 10.1 Å². The van der Waals surface area contributed by atoms with E-state index in [1.165, 1.54) is 24.9 Å². The number of nitro benzene ring substituents is 1. The molecule has 0 aromatic heterocycles. The van der Waals surface area contributed by atoms with Crippen LogP contribution >= 0.6 is 11.8 Å². The van der Waals surface area contributed by atoms with Crippen LogP contribution in [-0.2, 0) is 4.79 Å². The summed E-state index contributed by atoms with van der Waals surface area (Å²) in [6, 6.07) is 11.6. The molecule has 7 nitrogen and oxygen atoms in total. The fourth-order valence-corrected chi connectivity index (χ4v) is 3.96. The second-order valence-corrected chi connectivity index (χ2v) is 6.35. The number of carbonyl (C=O) groups excluding carboxylic acids is 1. The minimum atomic E-state index is -0.489. The third kappa shape index (κ3) is 3.12. The maximum Gasteiger partial charge on any atom is 0.275 e. The summed E-state index contributed by atoms with van der Waals surface area (Å²) in [4.78, 5) is 25.0. The zero-order valence-corrected chi connectivity index (χ0v) is 14.5. The highest BCUT2D eigenvalue weighted by Gasteiger charge is 2.38. The molecule has 8 heteroatoms. The number of hydrogen-bond donors (Lipinski definition) is 0. The molecule has 1 heterocycles. The Balaban J connectivity index is 2.09. The maximum atomic E-state index is 12.5. The monoisotopic (exact) mass is 360 g/mol. The van der Waals surface area contributed by atoms with Gasteiger partial charge in [0.15, 0.2) is 0 Å². The van der Waals surface area contributed by atoms with Crippen molar-refractivity contribution in [2.24, 2.45) is 0 Å². The Morgan fingerprint density at radius 3 is 2.64 bits per heavy atom. The van der Waals surface area contributed by atoms with Crippen LogP contribution in [0.2, 0.25) is 0 Å². The van der Waals surface area contributed by atoms with Gasteiger partial charge >= 0.3 is 0 Å². The summed E-state index contributed by atoms with van der Waals surface area (Å²) < 4.78 is 10.6. The number of thioether (sulfide) groups is 1. The van der Waals surface area contributed by atoms with E-state index >= 15 is 0 Å². The summed E-state index contributed by atoms with van der Waals surface area (Å²) >= 11 is 1.35. The lowest BCUT2D eigenvalue weighted by atomic mass is 10.1. The number of para-hydroxylation sites is 1. The zero-order chi connectivity index (χ0) is 18.0. The number of methoxy groups -OCH3 is 2. The Morgan fingerprint density at radius 1 is 1.20 bits per heavy atom. The third-order valence-corrected chi connectivity index (χ3v) is 5.11. The maximum absolute atomic E-state index is 12.5. The van der Waals surface area contributed by atoms with Gasteiger partial charge in [0.2, 0.25) is 5.91 Å². The molecule has 0 unspecified atom stereocenters. The lowest BCUT2D eigenvalue weighted by Crippen LogP contribution is -2.28. The molecule has 1 amide bonds. The van der Waals surface area contributed by atoms with Crippen LogP contribution in [0.4, 0.5) is 11.4 Å². The fraction of sp³-hybridized carbons (Fsp3) is 0.235. The average Bonchev–Trinajstić information content (AvgIpc) is 3.02. The van der Waals surface area contributed by atoms with Crippen molar-refractivity contribution in [2.75, 3.05) is 24.9 Å². The highest BCUT2D eigenvalue weighted by atomic mass is 32.2.